The monoisotopic (exact) mass is 304 g/mol. The van der Waals surface area contributed by atoms with Crippen LogP contribution >= 0.6 is 0 Å². The summed E-state index contributed by atoms with van der Waals surface area (Å²) in [5.41, 5.74) is 0.826. The molecule has 3 atom stereocenters. The van der Waals surface area contributed by atoms with Gasteiger partial charge in [0.15, 0.2) is 0 Å². The SMILES string of the molecule is C=C(C)C(=O)OC1(C(C)CCC)C2CC3CC1CC(C)(C3)C2. The molecule has 2 nitrogen and oxygen atoms in total. The van der Waals surface area contributed by atoms with Gasteiger partial charge < -0.3 is 4.74 Å². The molecule has 3 unspecified atom stereocenters. The predicted molar refractivity (Wildman–Crippen MR) is 89.4 cm³/mol. The van der Waals surface area contributed by atoms with Crippen LogP contribution in [0, 0.1) is 29.1 Å². The van der Waals surface area contributed by atoms with E-state index in [-0.39, 0.29) is 11.6 Å². The molecule has 124 valence electrons. The van der Waals surface area contributed by atoms with Crippen molar-refractivity contribution in [1.29, 1.82) is 0 Å². The average molecular weight is 304 g/mol. The van der Waals surface area contributed by atoms with E-state index < -0.39 is 0 Å². The summed E-state index contributed by atoms with van der Waals surface area (Å²) in [5, 5.41) is 0. The third-order valence-electron chi connectivity index (χ3n) is 6.88. The van der Waals surface area contributed by atoms with E-state index in [2.05, 4.69) is 27.4 Å². The van der Waals surface area contributed by atoms with Gasteiger partial charge in [-0.1, -0.05) is 33.8 Å². The number of ether oxygens (including phenoxy) is 1. The van der Waals surface area contributed by atoms with Crippen LogP contribution in [0.4, 0.5) is 0 Å². The van der Waals surface area contributed by atoms with Crippen molar-refractivity contribution in [3.63, 3.8) is 0 Å². The first-order valence-electron chi connectivity index (χ1n) is 9.19. The molecule has 0 aromatic carbocycles. The van der Waals surface area contributed by atoms with Crippen molar-refractivity contribution in [1.82, 2.24) is 0 Å². The average Bonchev–Trinajstić information content (AvgIpc) is 2.41. The molecule has 4 saturated carbocycles. The fourth-order valence-electron chi connectivity index (χ4n) is 6.37. The van der Waals surface area contributed by atoms with Crippen molar-refractivity contribution in [3.05, 3.63) is 12.2 Å². The molecule has 0 saturated heterocycles. The van der Waals surface area contributed by atoms with Gasteiger partial charge in [-0.2, -0.15) is 0 Å². The summed E-state index contributed by atoms with van der Waals surface area (Å²) < 4.78 is 6.30. The highest BCUT2D eigenvalue weighted by Gasteiger charge is 2.64. The zero-order valence-electron chi connectivity index (χ0n) is 14.8. The van der Waals surface area contributed by atoms with Gasteiger partial charge in [0.2, 0.25) is 0 Å². The van der Waals surface area contributed by atoms with Gasteiger partial charge in [-0.15, -0.1) is 0 Å². The maximum atomic E-state index is 12.4. The Morgan fingerprint density at radius 3 is 2.32 bits per heavy atom. The van der Waals surface area contributed by atoms with Crippen LogP contribution in [0.1, 0.15) is 72.6 Å². The van der Waals surface area contributed by atoms with Crippen molar-refractivity contribution in [2.75, 3.05) is 0 Å². The van der Waals surface area contributed by atoms with Crippen LogP contribution in [-0.4, -0.2) is 11.6 Å². The Morgan fingerprint density at radius 2 is 1.86 bits per heavy atom. The van der Waals surface area contributed by atoms with Gasteiger partial charge in [-0.3, -0.25) is 0 Å². The van der Waals surface area contributed by atoms with E-state index in [1.165, 1.54) is 32.1 Å². The van der Waals surface area contributed by atoms with Crippen molar-refractivity contribution in [3.8, 4) is 0 Å². The smallest absolute Gasteiger partial charge is 0.333 e. The molecule has 2 heteroatoms. The quantitative estimate of drug-likeness (QED) is 0.520. The van der Waals surface area contributed by atoms with E-state index >= 15 is 0 Å². The molecule has 4 aliphatic carbocycles. The van der Waals surface area contributed by atoms with Crippen molar-refractivity contribution < 1.29 is 9.53 Å². The third kappa shape index (κ3) is 2.34. The molecule has 4 bridgehead atoms. The predicted octanol–water partition coefficient (Wildman–Crippen LogP) is 5.13. The largest absolute Gasteiger partial charge is 0.455 e. The van der Waals surface area contributed by atoms with Gasteiger partial charge in [0, 0.05) is 17.4 Å². The molecule has 0 spiro atoms. The molecular weight excluding hydrogens is 272 g/mol. The maximum absolute atomic E-state index is 12.4. The molecule has 4 aliphatic rings. The minimum absolute atomic E-state index is 0.166. The second-order valence-corrected chi connectivity index (χ2v) is 8.87. The highest BCUT2D eigenvalue weighted by atomic mass is 16.6. The Bertz CT molecular complexity index is 462. The molecule has 0 aliphatic heterocycles. The first-order chi connectivity index (χ1) is 10.3. The van der Waals surface area contributed by atoms with Gasteiger partial charge in [0.1, 0.15) is 5.60 Å². The Morgan fingerprint density at radius 1 is 1.27 bits per heavy atom. The molecule has 22 heavy (non-hydrogen) atoms. The molecule has 4 fully saturated rings. The van der Waals surface area contributed by atoms with Gasteiger partial charge in [0.25, 0.3) is 0 Å². The van der Waals surface area contributed by atoms with E-state index in [0.29, 0.717) is 28.7 Å². The number of carbonyl (C=O) groups excluding carboxylic acids is 1. The summed E-state index contributed by atoms with van der Waals surface area (Å²) in [6, 6.07) is 0. The fourth-order valence-corrected chi connectivity index (χ4v) is 6.37. The number of rotatable bonds is 5. The number of hydrogen-bond acceptors (Lipinski definition) is 2. The molecule has 0 heterocycles. The summed E-state index contributed by atoms with van der Waals surface area (Å²) in [6.45, 7) is 12.6. The van der Waals surface area contributed by atoms with Crippen molar-refractivity contribution in [2.24, 2.45) is 29.1 Å². The highest BCUT2D eigenvalue weighted by Crippen LogP contribution is 2.66. The summed E-state index contributed by atoms with van der Waals surface area (Å²) in [5.74, 6) is 2.29. The lowest BCUT2D eigenvalue weighted by Crippen LogP contribution is -2.64. The van der Waals surface area contributed by atoms with E-state index in [1.54, 1.807) is 6.92 Å². The molecule has 4 rings (SSSR count). The second kappa shape index (κ2) is 5.39. The number of esters is 1. The normalized spacial score (nSPS) is 43.9. The molecule has 0 N–H and O–H groups in total. The lowest BCUT2D eigenvalue weighted by atomic mass is 9.43. The maximum Gasteiger partial charge on any atom is 0.333 e. The van der Waals surface area contributed by atoms with Gasteiger partial charge in [-0.25, -0.2) is 4.79 Å². The topological polar surface area (TPSA) is 26.3 Å². The summed E-state index contributed by atoms with van der Waals surface area (Å²) in [6.07, 6.45) is 8.74. The lowest BCUT2D eigenvalue weighted by Gasteiger charge is -2.65. The lowest BCUT2D eigenvalue weighted by molar-refractivity contribution is -0.238. The van der Waals surface area contributed by atoms with Crippen LogP contribution in [0.2, 0.25) is 0 Å². The van der Waals surface area contributed by atoms with E-state index in [1.807, 2.05) is 0 Å². The Labute approximate surface area is 135 Å². The van der Waals surface area contributed by atoms with Gasteiger partial charge in [-0.05, 0) is 62.7 Å². The van der Waals surface area contributed by atoms with Gasteiger partial charge in [0.05, 0.1) is 0 Å². The summed E-state index contributed by atoms with van der Waals surface area (Å²) in [4.78, 5) is 12.4. The number of hydrogen-bond donors (Lipinski definition) is 0. The standard InChI is InChI=1S/C20H32O2/c1-6-7-14(4)20(22-18(21)13(2)3)16-8-15-9-17(20)12-19(5,10-15)11-16/h14-17H,2,6-12H2,1,3-5H3. The second-order valence-electron chi connectivity index (χ2n) is 8.87. The number of carbonyl (C=O) groups is 1. The highest BCUT2D eigenvalue weighted by molar-refractivity contribution is 5.87. The van der Waals surface area contributed by atoms with Crippen molar-refractivity contribution in [2.45, 2.75) is 78.2 Å². The van der Waals surface area contributed by atoms with Crippen LogP contribution < -0.4 is 0 Å². The van der Waals surface area contributed by atoms with Crippen LogP contribution in [-0.2, 0) is 9.53 Å². The fraction of sp³-hybridized carbons (Fsp3) is 0.850. The first-order valence-corrected chi connectivity index (χ1v) is 9.19. The molecule has 0 aromatic rings. The molecular formula is C20H32O2. The Kier molecular flexibility index (Phi) is 3.94. The molecule has 0 amide bonds. The van der Waals surface area contributed by atoms with Crippen molar-refractivity contribution >= 4 is 5.97 Å². The van der Waals surface area contributed by atoms with E-state index in [0.717, 1.165) is 18.8 Å². The Hall–Kier alpha value is -0.790. The van der Waals surface area contributed by atoms with E-state index in [9.17, 15) is 4.79 Å². The minimum atomic E-state index is -0.220. The van der Waals surface area contributed by atoms with Crippen LogP contribution in [0.25, 0.3) is 0 Å². The summed E-state index contributed by atoms with van der Waals surface area (Å²) in [7, 11) is 0. The van der Waals surface area contributed by atoms with Crippen LogP contribution in [0.3, 0.4) is 0 Å². The summed E-state index contributed by atoms with van der Waals surface area (Å²) >= 11 is 0. The van der Waals surface area contributed by atoms with E-state index in [4.69, 9.17) is 4.74 Å². The zero-order valence-corrected chi connectivity index (χ0v) is 14.8. The molecule has 0 radical (unpaired) electrons. The van der Waals surface area contributed by atoms with Gasteiger partial charge >= 0.3 is 5.97 Å². The first kappa shape index (κ1) is 16.1. The molecule has 0 aromatic heterocycles. The third-order valence-corrected chi connectivity index (χ3v) is 6.88. The van der Waals surface area contributed by atoms with Crippen LogP contribution in [0.5, 0.6) is 0 Å². The van der Waals surface area contributed by atoms with Crippen LogP contribution in [0.15, 0.2) is 12.2 Å². The minimum Gasteiger partial charge on any atom is -0.455 e. The Balaban J connectivity index is 1.95. The zero-order chi connectivity index (χ0) is 16.1.